The Bertz CT molecular complexity index is 518. The molecule has 6 heteroatoms. The van der Waals surface area contributed by atoms with Crippen LogP contribution in [0.3, 0.4) is 0 Å². The Balaban J connectivity index is 0.00000484. The molecule has 0 fully saturated rings. The first kappa shape index (κ1) is 21.7. The second-order valence-corrected chi connectivity index (χ2v) is 6.64. The van der Waals surface area contributed by atoms with Gasteiger partial charge in [0.2, 0.25) is 5.91 Å². The normalized spacial score (nSPS) is 11.7. The van der Waals surface area contributed by atoms with Gasteiger partial charge in [-0.1, -0.05) is 26.0 Å². The molecule has 0 spiro atoms. The zero-order valence-electron chi connectivity index (χ0n) is 14.9. The van der Waals surface area contributed by atoms with Gasteiger partial charge in [-0.25, -0.2) is 0 Å². The predicted octanol–water partition coefficient (Wildman–Crippen LogP) is 3.36. The number of aliphatic imine (C=N–C) groups is 1. The summed E-state index contributed by atoms with van der Waals surface area (Å²) in [4.78, 5) is 15.8. The molecule has 0 atom stereocenters. The van der Waals surface area contributed by atoms with Crippen LogP contribution in [0, 0.1) is 5.92 Å². The first-order valence-corrected chi connectivity index (χ1v) is 7.60. The molecule has 0 unspecified atom stereocenters. The van der Waals surface area contributed by atoms with Gasteiger partial charge in [0.25, 0.3) is 0 Å². The van der Waals surface area contributed by atoms with Crippen LogP contribution < -0.4 is 16.0 Å². The fourth-order valence-corrected chi connectivity index (χ4v) is 1.71. The standard InChI is InChI=1S/C17H28N4O.HI/c1-12(2)15(22)20-14-9-7-13(8-10-14)11-19-16(18-6)21-17(3,4)5;/h7-10,12H,11H2,1-6H3,(H,20,22)(H2,18,19,21);1H. The Morgan fingerprint density at radius 1 is 1.17 bits per heavy atom. The van der Waals surface area contributed by atoms with Crippen LogP contribution in [0.15, 0.2) is 29.3 Å². The molecule has 5 nitrogen and oxygen atoms in total. The summed E-state index contributed by atoms with van der Waals surface area (Å²) in [6.45, 7) is 10.7. The fraction of sp³-hybridized carbons (Fsp3) is 0.529. The Morgan fingerprint density at radius 3 is 2.17 bits per heavy atom. The Hall–Kier alpha value is -1.31. The lowest BCUT2D eigenvalue weighted by Gasteiger charge is -2.23. The molecule has 1 aromatic carbocycles. The van der Waals surface area contributed by atoms with Gasteiger partial charge in [0.15, 0.2) is 5.96 Å². The van der Waals surface area contributed by atoms with E-state index in [1.807, 2.05) is 38.1 Å². The average molecular weight is 432 g/mol. The second kappa shape index (κ2) is 9.75. The summed E-state index contributed by atoms with van der Waals surface area (Å²) in [5, 5.41) is 9.46. The summed E-state index contributed by atoms with van der Waals surface area (Å²) in [6.07, 6.45) is 0. The number of nitrogens with zero attached hydrogens (tertiary/aromatic N) is 1. The molecule has 23 heavy (non-hydrogen) atoms. The molecule has 0 radical (unpaired) electrons. The Morgan fingerprint density at radius 2 is 1.74 bits per heavy atom. The summed E-state index contributed by atoms with van der Waals surface area (Å²) in [5.74, 6) is 0.776. The van der Waals surface area contributed by atoms with E-state index < -0.39 is 0 Å². The molecule has 0 aromatic heterocycles. The van der Waals surface area contributed by atoms with Gasteiger partial charge in [0, 0.05) is 30.7 Å². The van der Waals surface area contributed by atoms with Gasteiger partial charge in [-0.2, -0.15) is 0 Å². The highest BCUT2D eigenvalue weighted by molar-refractivity contribution is 14.0. The molecule has 1 amide bonds. The molecule has 0 aliphatic heterocycles. The van der Waals surface area contributed by atoms with Crippen molar-refractivity contribution < 1.29 is 4.79 Å². The van der Waals surface area contributed by atoms with Crippen LogP contribution in [-0.4, -0.2) is 24.5 Å². The fourth-order valence-electron chi connectivity index (χ4n) is 1.71. The number of nitrogens with one attached hydrogen (secondary N) is 3. The zero-order chi connectivity index (χ0) is 16.8. The quantitative estimate of drug-likeness (QED) is 0.389. The van der Waals surface area contributed by atoms with E-state index in [9.17, 15) is 4.79 Å². The molecule has 0 heterocycles. The lowest BCUT2D eigenvalue weighted by molar-refractivity contribution is -0.118. The van der Waals surface area contributed by atoms with E-state index in [0.29, 0.717) is 6.54 Å². The number of carbonyl (C=O) groups excluding carboxylic acids is 1. The summed E-state index contributed by atoms with van der Waals surface area (Å²) in [6, 6.07) is 7.81. The lowest BCUT2D eigenvalue weighted by Crippen LogP contribution is -2.47. The van der Waals surface area contributed by atoms with Crippen LogP contribution in [0.25, 0.3) is 0 Å². The Labute approximate surface area is 156 Å². The van der Waals surface area contributed by atoms with Crippen LogP contribution >= 0.6 is 24.0 Å². The van der Waals surface area contributed by atoms with Crippen molar-refractivity contribution in [3.05, 3.63) is 29.8 Å². The largest absolute Gasteiger partial charge is 0.352 e. The van der Waals surface area contributed by atoms with Crippen molar-refractivity contribution in [2.45, 2.75) is 46.7 Å². The maximum atomic E-state index is 11.6. The van der Waals surface area contributed by atoms with Crippen LogP contribution in [0.5, 0.6) is 0 Å². The van der Waals surface area contributed by atoms with E-state index in [2.05, 4.69) is 41.7 Å². The van der Waals surface area contributed by atoms with Gasteiger partial charge in [0.05, 0.1) is 0 Å². The van der Waals surface area contributed by atoms with E-state index >= 15 is 0 Å². The monoisotopic (exact) mass is 432 g/mol. The van der Waals surface area contributed by atoms with Crippen molar-refractivity contribution in [1.82, 2.24) is 10.6 Å². The zero-order valence-corrected chi connectivity index (χ0v) is 17.2. The molecule has 0 aliphatic rings. The molecule has 0 saturated heterocycles. The molecule has 0 bridgehead atoms. The van der Waals surface area contributed by atoms with Crippen molar-refractivity contribution in [1.29, 1.82) is 0 Å². The van der Waals surface area contributed by atoms with Gasteiger partial charge in [-0.05, 0) is 38.5 Å². The SMILES string of the molecule is CN=C(NCc1ccc(NC(=O)C(C)C)cc1)NC(C)(C)C.I. The molecule has 130 valence electrons. The highest BCUT2D eigenvalue weighted by atomic mass is 127. The first-order valence-electron chi connectivity index (χ1n) is 7.60. The average Bonchev–Trinajstić information content (AvgIpc) is 2.43. The highest BCUT2D eigenvalue weighted by Gasteiger charge is 2.11. The third kappa shape index (κ3) is 8.78. The van der Waals surface area contributed by atoms with Gasteiger partial charge in [-0.3, -0.25) is 9.79 Å². The van der Waals surface area contributed by atoms with E-state index in [0.717, 1.165) is 17.2 Å². The molecule has 1 rings (SSSR count). The Kier molecular flexibility index (Phi) is 9.19. The number of benzene rings is 1. The molecule has 0 aliphatic carbocycles. The molecule has 3 N–H and O–H groups in total. The van der Waals surface area contributed by atoms with Crippen molar-refractivity contribution in [3.63, 3.8) is 0 Å². The van der Waals surface area contributed by atoms with Crippen molar-refractivity contribution in [2.24, 2.45) is 10.9 Å². The van der Waals surface area contributed by atoms with Crippen LogP contribution in [0.4, 0.5) is 5.69 Å². The molecule has 1 aromatic rings. The summed E-state index contributed by atoms with van der Waals surface area (Å²) < 4.78 is 0. The minimum atomic E-state index is -0.0349. The summed E-state index contributed by atoms with van der Waals surface area (Å²) in [7, 11) is 1.76. The van der Waals surface area contributed by atoms with Gasteiger partial charge < -0.3 is 16.0 Å². The molecular formula is C17H29IN4O. The number of anilines is 1. The maximum absolute atomic E-state index is 11.6. The van der Waals surface area contributed by atoms with Crippen LogP contribution in [0.1, 0.15) is 40.2 Å². The number of guanidine groups is 1. The minimum Gasteiger partial charge on any atom is -0.352 e. The maximum Gasteiger partial charge on any atom is 0.226 e. The molecule has 0 saturated carbocycles. The summed E-state index contributed by atoms with van der Waals surface area (Å²) >= 11 is 0. The highest BCUT2D eigenvalue weighted by Crippen LogP contribution is 2.11. The van der Waals surface area contributed by atoms with Crippen molar-refractivity contribution in [3.8, 4) is 0 Å². The van der Waals surface area contributed by atoms with Crippen molar-refractivity contribution >= 4 is 41.5 Å². The number of rotatable bonds is 4. The van der Waals surface area contributed by atoms with Gasteiger partial charge in [-0.15, -0.1) is 24.0 Å². The van der Waals surface area contributed by atoms with Crippen molar-refractivity contribution in [2.75, 3.05) is 12.4 Å². The second-order valence-electron chi connectivity index (χ2n) is 6.64. The third-order valence-electron chi connectivity index (χ3n) is 2.92. The van der Waals surface area contributed by atoms with E-state index in [1.54, 1.807) is 7.05 Å². The number of carbonyl (C=O) groups is 1. The summed E-state index contributed by atoms with van der Waals surface area (Å²) in [5.41, 5.74) is 1.91. The van der Waals surface area contributed by atoms with Gasteiger partial charge >= 0.3 is 0 Å². The first-order chi connectivity index (χ1) is 10.2. The number of amides is 1. The van der Waals surface area contributed by atoms with Crippen LogP contribution in [0.2, 0.25) is 0 Å². The smallest absolute Gasteiger partial charge is 0.226 e. The predicted molar refractivity (Wildman–Crippen MR) is 108 cm³/mol. The van der Waals surface area contributed by atoms with E-state index in [1.165, 1.54) is 0 Å². The topological polar surface area (TPSA) is 65.5 Å². The third-order valence-corrected chi connectivity index (χ3v) is 2.92. The minimum absolute atomic E-state index is 0. The van der Waals surface area contributed by atoms with Gasteiger partial charge in [0.1, 0.15) is 0 Å². The molecular weight excluding hydrogens is 403 g/mol. The number of halogens is 1. The van der Waals surface area contributed by atoms with E-state index in [4.69, 9.17) is 0 Å². The lowest BCUT2D eigenvalue weighted by atomic mass is 10.1. The number of hydrogen-bond donors (Lipinski definition) is 3. The number of hydrogen-bond acceptors (Lipinski definition) is 2. The van der Waals surface area contributed by atoms with E-state index in [-0.39, 0.29) is 41.3 Å². The van der Waals surface area contributed by atoms with Crippen LogP contribution in [-0.2, 0) is 11.3 Å².